The first-order valence-corrected chi connectivity index (χ1v) is 5.10. The largest absolute Gasteiger partial charge is 0.381 e. The van der Waals surface area contributed by atoms with Gasteiger partial charge >= 0.3 is 0 Å². The third-order valence-corrected chi connectivity index (χ3v) is 2.37. The van der Waals surface area contributed by atoms with E-state index in [9.17, 15) is 4.79 Å². The van der Waals surface area contributed by atoms with E-state index in [2.05, 4.69) is 0 Å². The van der Waals surface area contributed by atoms with Gasteiger partial charge in [0.2, 0.25) is 0 Å². The molecule has 0 saturated carbocycles. The standard InChI is InChI=1S/C11H18O2/c1-2-3-4-11(12)9-10-5-7-13-8-6-10/h3-4,10H,2,5-9H2,1H3/b4-3+. The van der Waals surface area contributed by atoms with E-state index in [4.69, 9.17) is 4.74 Å². The second-order valence-electron chi connectivity index (χ2n) is 3.54. The summed E-state index contributed by atoms with van der Waals surface area (Å²) in [5.74, 6) is 0.830. The lowest BCUT2D eigenvalue weighted by molar-refractivity contribution is -0.116. The molecule has 1 saturated heterocycles. The van der Waals surface area contributed by atoms with E-state index in [0.29, 0.717) is 12.3 Å². The number of allylic oxidation sites excluding steroid dienone is 2. The van der Waals surface area contributed by atoms with Gasteiger partial charge in [-0.1, -0.05) is 13.0 Å². The van der Waals surface area contributed by atoms with E-state index in [1.165, 1.54) is 0 Å². The highest BCUT2D eigenvalue weighted by Gasteiger charge is 2.15. The van der Waals surface area contributed by atoms with Crippen LogP contribution in [-0.2, 0) is 9.53 Å². The monoisotopic (exact) mass is 182 g/mol. The Balaban J connectivity index is 2.22. The molecule has 0 unspecified atom stereocenters. The number of ether oxygens (including phenoxy) is 1. The molecule has 1 aliphatic heterocycles. The molecule has 0 bridgehead atoms. The minimum atomic E-state index is 0.272. The minimum Gasteiger partial charge on any atom is -0.381 e. The molecule has 0 aromatic heterocycles. The maximum absolute atomic E-state index is 11.3. The average molecular weight is 182 g/mol. The number of ketones is 1. The van der Waals surface area contributed by atoms with Crippen molar-refractivity contribution >= 4 is 5.78 Å². The SMILES string of the molecule is CC/C=C/C(=O)CC1CCOCC1. The van der Waals surface area contributed by atoms with Crippen LogP contribution in [0, 0.1) is 5.92 Å². The fourth-order valence-electron chi connectivity index (χ4n) is 1.55. The zero-order valence-corrected chi connectivity index (χ0v) is 8.29. The molecule has 0 amide bonds. The summed E-state index contributed by atoms with van der Waals surface area (Å²) in [7, 11) is 0. The Labute approximate surface area is 80.0 Å². The first kappa shape index (κ1) is 10.5. The van der Waals surface area contributed by atoms with E-state index in [0.717, 1.165) is 32.5 Å². The lowest BCUT2D eigenvalue weighted by Gasteiger charge is -2.20. The van der Waals surface area contributed by atoms with Crippen LogP contribution in [0.5, 0.6) is 0 Å². The normalized spacial score (nSPS) is 19.5. The van der Waals surface area contributed by atoms with Crippen molar-refractivity contribution in [3.05, 3.63) is 12.2 Å². The minimum absolute atomic E-state index is 0.272. The molecule has 2 nitrogen and oxygen atoms in total. The predicted octanol–water partition coefficient (Wildman–Crippen LogP) is 2.34. The second kappa shape index (κ2) is 5.92. The highest BCUT2D eigenvalue weighted by molar-refractivity contribution is 5.89. The van der Waals surface area contributed by atoms with E-state index in [1.54, 1.807) is 6.08 Å². The van der Waals surface area contributed by atoms with Crippen LogP contribution in [0.15, 0.2) is 12.2 Å². The fourth-order valence-corrected chi connectivity index (χ4v) is 1.55. The van der Waals surface area contributed by atoms with Gasteiger partial charge in [-0.3, -0.25) is 4.79 Å². The molecule has 0 spiro atoms. The van der Waals surface area contributed by atoms with Crippen LogP contribution in [0.3, 0.4) is 0 Å². The molecule has 2 heteroatoms. The van der Waals surface area contributed by atoms with Crippen molar-refractivity contribution in [1.29, 1.82) is 0 Å². The van der Waals surface area contributed by atoms with Crippen LogP contribution >= 0.6 is 0 Å². The topological polar surface area (TPSA) is 26.3 Å². The molecule has 1 heterocycles. The summed E-state index contributed by atoms with van der Waals surface area (Å²) in [5, 5.41) is 0. The van der Waals surface area contributed by atoms with Gasteiger partial charge in [-0.2, -0.15) is 0 Å². The van der Waals surface area contributed by atoms with Crippen molar-refractivity contribution < 1.29 is 9.53 Å². The highest BCUT2D eigenvalue weighted by atomic mass is 16.5. The van der Waals surface area contributed by atoms with Crippen LogP contribution in [0.2, 0.25) is 0 Å². The number of carbonyl (C=O) groups excluding carboxylic acids is 1. The molecular weight excluding hydrogens is 164 g/mol. The van der Waals surface area contributed by atoms with Crippen LogP contribution in [-0.4, -0.2) is 19.0 Å². The summed E-state index contributed by atoms with van der Waals surface area (Å²) in [6, 6.07) is 0. The molecule has 74 valence electrons. The Morgan fingerprint density at radius 3 is 2.77 bits per heavy atom. The number of hydrogen-bond donors (Lipinski definition) is 0. The van der Waals surface area contributed by atoms with Crippen LogP contribution in [0.1, 0.15) is 32.6 Å². The van der Waals surface area contributed by atoms with E-state index < -0.39 is 0 Å². The first-order chi connectivity index (χ1) is 6.33. The maximum atomic E-state index is 11.3. The number of carbonyl (C=O) groups is 1. The van der Waals surface area contributed by atoms with Gasteiger partial charge < -0.3 is 4.74 Å². The Bertz CT molecular complexity index is 179. The summed E-state index contributed by atoms with van der Waals surface area (Å²) in [5.41, 5.74) is 0. The molecule has 0 aliphatic carbocycles. The Morgan fingerprint density at radius 2 is 2.15 bits per heavy atom. The fraction of sp³-hybridized carbons (Fsp3) is 0.727. The Morgan fingerprint density at radius 1 is 1.46 bits per heavy atom. The van der Waals surface area contributed by atoms with Gasteiger partial charge in [0.1, 0.15) is 0 Å². The molecule has 1 fully saturated rings. The van der Waals surface area contributed by atoms with E-state index >= 15 is 0 Å². The van der Waals surface area contributed by atoms with Gasteiger partial charge in [0, 0.05) is 19.6 Å². The third kappa shape index (κ3) is 4.23. The van der Waals surface area contributed by atoms with Gasteiger partial charge in [0.25, 0.3) is 0 Å². The van der Waals surface area contributed by atoms with Crippen molar-refractivity contribution in [3.63, 3.8) is 0 Å². The Hall–Kier alpha value is -0.630. The molecule has 0 N–H and O–H groups in total. The van der Waals surface area contributed by atoms with Crippen molar-refractivity contribution in [3.8, 4) is 0 Å². The average Bonchev–Trinajstić information content (AvgIpc) is 2.16. The molecule has 0 aromatic carbocycles. The van der Waals surface area contributed by atoms with E-state index in [-0.39, 0.29) is 5.78 Å². The highest BCUT2D eigenvalue weighted by Crippen LogP contribution is 2.18. The third-order valence-electron chi connectivity index (χ3n) is 2.37. The molecule has 0 radical (unpaired) electrons. The van der Waals surface area contributed by atoms with Gasteiger partial charge in [0.05, 0.1) is 0 Å². The van der Waals surface area contributed by atoms with Crippen molar-refractivity contribution in [1.82, 2.24) is 0 Å². The second-order valence-corrected chi connectivity index (χ2v) is 3.54. The van der Waals surface area contributed by atoms with Gasteiger partial charge in [-0.25, -0.2) is 0 Å². The lowest BCUT2D eigenvalue weighted by Crippen LogP contribution is -2.17. The summed E-state index contributed by atoms with van der Waals surface area (Å²) >= 11 is 0. The molecule has 1 rings (SSSR count). The van der Waals surface area contributed by atoms with Crippen molar-refractivity contribution in [2.75, 3.05) is 13.2 Å². The summed E-state index contributed by atoms with van der Waals surface area (Å²) < 4.78 is 5.23. The maximum Gasteiger partial charge on any atom is 0.155 e. The van der Waals surface area contributed by atoms with Crippen LogP contribution in [0.4, 0.5) is 0 Å². The number of hydrogen-bond acceptors (Lipinski definition) is 2. The van der Waals surface area contributed by atoms with E-state index in [1.807, 2.05) is 13.0 Å². The number of rotatable bonds is 4. The van der Waals surface area contributed by atoms with Crippen LogP contribution < -0.4 is 0 Å². The smallest absolute Gasteiger partial charge is 0.155 e. The quantitative estimate of drug-likeness (QED) is 0.624. The Kier molecular flexibility index (Phi) is 4.76. The van der Waals surface area contributed by atoms with Gasteiger partial charge in [-0.15, -0.1) is 0 Å². The molecular formula is C11H18O2. The first-order valence-electron chi connectivity index (χ1n) is 5.10. The van der Waals surface area contributed by atoms with Gasteiger partial charge in [-0.05, 0) is 31.3 Å². The lowest BCUT2D eigenvalue weighted by atomic mass is 9.94. The van der Waals surface area contributed by atoms with Crippen molar-refractivity contribution in [2.24, 2.45) is 5.92 Å². The molecule has 1 aliphatic rings. The molecule has 0 atom stereocenters. The zero-order chi connectivity index (χ0) is 9.52. The zero-order valence-electron chi connectivity index (χ0n) is 8.29. The summed E-state index contributed by atoms with van der Waals surface area (Å²) in [6.45, 7) is 3.70. The molecule has 0 aromatic rings. The molecule has 13 heavy (non-hydrogen) atoms. The van der Waals surface area contributed by atoms with Crippen molar-refractivity contribution in [2.45, 2.75) is 32.6 Å². The predicted molar refractivity (Wildman–Crippen MR) is 52.6 cm³/mol. The van der Waals surface area contributed by atoms with Crippen LogP contribution in [0.25, 0.3) is 0 Å². The summed E-state index contributed by atoms with van der Waals surface area (Å²) in [6.07, 6.45) is 7.40. The summed E-state index contributed by atoms with van der Waals surface area (Å²) in [4.78, 5) is 11.3. The van der Waals surface area contributed by atoms with Gasteiger partial charge in [0.15, 0.2) is 5.78 Å².